The van der Waals surface area contributed by atoms with Gasteiger partial charge in [-0.05, 0) is 43.9 Å². The van der Waals surface area contributed by atoms with Crippen molar-refractivity contribution in [1.82, 2.24) is 9.97 Å². The first-order chi connectivity index (χ1) is 9.15. The van der Waals surface area contributed by atoms with E-state index in [2.05, 4.69) is 9.97 Å². The molecule has 0 saturated carbocycles. The van der Waals surface area contributed by atoms with E-state index in [-0.39, 0.29) is 5.88 Å². The number of fused-ring (bicyclic) bond motifs is 1. The van der Waals surface area contributed by atoms with Crippen LogP contribution in [0.3, 0.4) is 0 Å². The third-order valence-electron chi connectivity index (χ3n) is 3.34. The van der Waals surface area contributed by atoms with Gasteiger partial charge in [-0.15, -0.1) is 0 Å². The first-order valence-corrected chi connectivity index (χ1v) is 6.95. The molecule has 0 amide bonds. The van der Waals surface area contributed by atoms with E-state index < -0.39 is 0 Å². The number of aromatic hydroxyl groups is 1. The molecule has 3 rings (SSSR count). The Labute approximate surface area is 121 Å². The molecule has 1 N–H and O–H groups in total. The molecule has 1 aliphatic rings. The van der Waals surface area contributed by atoms with Crippen molar-refractivity contribution >= 4 is 23.2 Å². The zero-order chi connectivity index (χ0) is 13.4. The van der Waals surface area contributed by atoms with Gasteiger partial charge in [0.1, 0.15) is 0 Å². The monoisotopic (exact) mass is 294 g/mol. The van der Waals surface area contributed by atoms with Crippen molar-refractivity contribution in [2.45, 2.75) is 25.7 Å². The van der Waals surface area contributed by atoms with E-state index in [1.807, 2.05) is 0 Å². The van der Waals surface area contributed by atoms with Gasteiger partial charge in [-0.1, -0.05) is 23.2 Å². The Morgan fingerprint density at radius 1 is 1.00 bits per heavy atom. The minimum Gasteiger partial charge on any atom is -0.493 e. The van der Waals surface area contributed by atoms with Crippen LogP contribution in [0.1, 0.15) is 24.1 Å². The van der Waals surface area contributed by atoms with Crippen LogP contribution in [0.4, 0.5) is 0 Å². The molecule has 0 unspecified atom stereocenters. The Hall–Kier alpha value is -1.32. The average Bonchev–Trinajstić information content (AvgIpc) is 2.42. The first kappa shape index (κ1) is 12.7. The Bertz CT molecular complexity index is 644. The Kier molecular flexibility index (Phi) is 3.33. The van der Waals surface area contributed by atoms with Crippen LogP contribution in [-0.2, 0) is 12.8 Å². The lowest BCUT2D eigenvalue weighted by Crippen LogP contribution is -2.08. The lowest BCUT2D eigenvalue weighted by atomic mass is 9.96. The van der Waals surface area contributed by atoms with Crippen molar-refractivity contribution in [1.29, 1.82) is 0 Å². The molecule has 5 heteroatoms. The quantitative estimate of drug-likeness (QED) is 0.863. The zero-order valence-electron chi connectivity index (χ0n) is 10.2. The zero-order valence-corrected chi connectivity index (χ0v) is 11.7. The fraction of sp³-hybridized carbons (Fsp3) is 0.286. The maximum absolute atomic E-state index is 10.0. The molecule has 0 fully saturated rings. The molecule has 3 nitrogen and oxygen atoms in total. The standard InChI is InChI=1S/C14H12Cl2N2O/c15-10-6-5-8(7-11(10)16)13-17-12-4-2-1-3-9(12)14(19)18-13/h5-7H,1-4H2,(H,17,18,19). The highest BCUT2D eigenvalue weighted by Gasteiger charge is 2.18. The van der Waals surface area contributed by atoms with Crippen LogP contribution in [0.15, 0.2) is 18.2 Å². The molecule has 0 atom stereocenters. The summed E-state index contributed by atoms with van der Waals surface area (Å²) in [5, 5.41) is 11.0. The van der Waals surface area contributed by atoms with Gasteiger partial charge in [-0.25, -0.2) is 4.98 Å². The van der Waals surface area contributed by atoms with E-state index in [4.69, 9.17) is 23.2 Å². The number of benzene rings is 1. The van der Waals surface area contributed by atoms with Gasteiger partial charge in [0.05, 0.1) is 15.7 Å². The molecule has 19 heavy (non-hydrogen) atoms. The Morgan fingerprint density at radius 2 is 1.79 bits per heavy atom. The summed E-state index contributed by atoms with van der Waals surface area (Å²) < 4.78 is 0. The largest absolute Gasteiger partial charge is 0.493 e. The molecule has 0 spiro atoms. The summed E-state index contributed by atoms with van der Waals surface area (Å²) >= 11 is 11.9. The second-order valence-electron chi connectivity index (χ2n) is 4.63. The van der Waals surface area contributed by atoms with Crippen molar-refractivity contribution in [3.05, 3.63) is 39.5 Å². The number of nitrogens with zero attached hydrogens (tertiary/aromatic N) is 2. The van der Waals surface area contributed by atoms with Crippen molar-refractivity contribution < 1.29 is 5.11 Å². The lowest BCUT2D eigenvalue weighted by Gasteiger charge is -2.16. The molecule has 0 aliphatic heterocycles. The van der Waals surface area contributed by atoms with Crippen LogP contribution < -0.4 is 0 Å². The lowest BCUT2D eigenvalue weighted by molar-refractivity contribution is 0.437. The normalized spacial score (nSPS) is 14.2. The topological polar surface area (TPSA) is 46.0 Å². The van der Waals surface area contributed by atoms with Crippen LogP contribution in [0.2, 0.25) is 10.0 Å². The van der Waals surface area contributed by atoms with Gasteiger partial charge in [-0.3, -0.25) is 0 Å². The summed E-state index contributed by atoms with van der Waals surface area (Å²) in [6.45, 7) is 0. The molecule has 98 valence electrons. The molecule has 1 aliphatic carbocycles. The van der Waals surface area contributed by atoms with E-state index in [1.165, 1.54) is 0 Å². The molecule has 0 bridgehead atoms. The molecule has 0 radical (unpaired) electrons. The third-order valence-corrected chi connectivity index (χ3v) is 4.08. The Balaban J connectivity index is 2.10. The van der Waals surface area contributed by atoms with E-state index in [0.29, 0.717) is 15.9 Å². The minimum absolute atomic E-state index is 0.0887. The Morgan fingerprint density at radius 3 is 2.58 bits per heavy atom. The third kappa shape index (κ3) is 2.40. The molecular formula is C14H12Cl2N2O. The summed E-state index contributed by atoms with van der Waals surface area (Å²) in [6.07, 6.45) is 3.92. The second-order valence-corrected chi connectivity index (χ2v) is 5.45. The molecular weight excluding hydrogens is 283 g/mol. The minimum atomic E-state index is 0.0887. The van der Waals surface area contributed by atoms with E-state index in [9.17, 15) is 5.11 Å². The van der Waals surface area contributed by atoms with Crippen LogP contribution >= 0.6 is 23.2 Å². The molecule has 0 saturated heterocycles. The smallest absolute Gasteiger partial charge is 0.217 e. The number of hydrogen-bond acceptors (Lipinski definition) is 3. The summed E-state index contributed by atoms with van der Waals surface area (Å²) in [7, 11) is 0. The number of aryl methyl sites for hydroxylation is 1. The number of aromatic nitrogens is 2. The van der Waals surface area contributed by atoms with Crippen molar-refractivity contribution in [2.75, 3.05) is 0 Å². The maximum Gasteiger partial charge on any atom is 0.217 e. The highest BCUT2D eigenvalue weighted by molar-refractivity contribution is 6.42. The van der Waals surface area contributed by atoms with Crippen LogP contribution in [0.5, 0.6) is 5.88 Å². The van der Waals surface area contributed by atoms with Crippen molar-refractivity contribution in [2.24, 2.45) is 0 Å². The van der Waals surface area contributed by atoms with Crippen LogP contribution in [0, 0.1) is 0 Å². The SMILES string of the molecule is Oc1nc(-c2ccc(Cl)c(Cl)c2)nc2c1CCCC2. The van der Waals surface area contributed by atoms with E-state index >= 15 is 0 Å². The van der Waals surface area contributed by atoms with Crippen molar-refractivity contribution in [3.63, 3.8) is 0 Å². The average molecular weight is 295 g/mol. The molecule has 2 aromatic rings. The van der Waals surface area contributed by atoms with Gasteiger partial charge >= 0.3 is 0 Å². The first-order valence-electron chi connectivity index (χ1n) is 6.19. The predicted molar refractivity (Wildman–Crippen MR) is 75.8 cm³/mol. The highest BCUT2D eigenvalue weighted by atomic mass is 35.5. The molecule has 1 heterocycles. The number of rotatable bonds is 1. The van der Waals surface area contributed by atoms with Crippen molar-refractivity contribution in [3.8, 4) is 17.3 Å². The van der Waals surface area contributed by atoms with Gasteiger partial charge in [0.15, 0.2) is 5.82 Å². The predicted octanol–water partition coefficient (Wildman–Crippen LogP) is 4.03. The van der Waals surface area contributed by atoms with Crippen LogP contribution in [-0.4, -0.2) is 15.1 Å². The fourth-order valence-corrected chi connectivity index (χ4v) is 2.64. The van der Waals surface area contributed by atoms with Gasteiger partial charge in [0, 0.05) is 11.1 Å². The second kappa shape index (κ2) is 4.99. The van der Waals surface area contributed by atoms with Gasteiger partial charge in [0.2, 0.25) is 5.88 Å². The summed E-state index contributed by atoms with van der Waals surface area (Å²) in [4.78, 5) is 8.71. The van der Waals surface area contributed by atoms with Gasteiger partial charge < -0.3 is 5.11 Å². The summed E-state index contributed by atoms with van der Waals surface area (Å²) in [5.74, 6) is 0.586. The summed E-state index contributed by atoms with van der Waals surface area (Å²) in [5.41, 5.74) is 2.59. The number of halogens is 2. The van der Waals surface area contributed by atoms with Crippen LogP contribution in [0.25, 0.3) is 11.4 Å². The highest BCUT2D eigenvalue weighted by Crippen LogP contribution is 2.31. The van der Waals surface area contributed by atoms with E-state index in [1.54, 1.807) is 18.2 Å². The summed E-state index contributed by atoms with van der Waals surface area (Å²) in [6, 6.07) is 5.23. The molecule has 1 aromatic carbocycles. The fourth-order valence-electron chi connectivity index (χ4n) is 2.34. The number of hydrogen-bond donors (Lipinski definition) is 1. The van der Waals surface area contributed by atoms with Gasteiger partial charge in [0.25, 0.3) is 0 Å². The molecule has 1 aromatic heterocycles. The van der Waals surface area contributed by atoms with Gasteiger partial charge in [-0.2, -0.15) is 4.98 Å². The maximum atomic E-state index is 10.0. The van der Waals surface area contributed by atoms with E-state index in [0.717, 1.165) is 42.5 Å².